The molecule has 3 nitrogen and oxygen atoms in total. The average molecular weight is 303 g/mol. The van der Waals surface area contributed by atoms with Crippen LogP contribution in [0.4, 0.5) is 0 Å². The molecular formula is C17H21NO2S. The molecule has 1 aromatic heterocycles. The molecule has 0 spiro atoms. The number of benzene rings is 1. The summed E-state index contributed by atoms with van der Waals surface area (Å²) in [4.78, 5) is 12.5. The number of hydrogen-bond donors (Lipinski definition) is 0. The molecule has 4 heteroatoms. The second kappa shape index (κ2) is 5.68. The topological polar surface area (TPSA) is 43.1 Å². The van der Waals surface area contributed by atoms with E-state index in [9.17, 15) is 4.79 Å². The Hall–Kier alpha value is -1.55. The van der Waals surface area contributed by atoms with Gasteiger partial charge >= 0.3 is 0 Å². The van der Waals surface area contributed by atoms with E-state index in [1.165, 1.54) is 11.8 Å². The first-order chi connectivity index (χ1) is 9.69. The van der Waals surface area contributed by atoms with Gasteiger partial charge in [-0.05, 0) is 38.0 Å². The first kappa shape index (κ1) is 15.8. The second-order valence-electron chi connectivity index (χ2n) is 6.26. The Morgan fingerprint density at radius 3 is 2.38 bits per heavy atom. The van der Waals surface area contributed by atoms with Gasteiger partial charge in [0.1, 0.15) is 0 Å². The summed E-state index contributed by atoms with van der Waals surface area (Å²) in [6.07, 6.45) is 0. The minimum Gasteiger partial charge on any atom is -0.356 e. The van der Waals surface area contributed by atoms with E-state index >= 15 is 0 Å². The molecule has 0 saturated heterocycles. The average Bonchev–Trinajstić information content (AvgIpc) is 2.73. The Labute approximate surface area is 130 Å². The first-order valence-electron chi connectivity index (χ1n) is 6.96. The second-order valence-corrected chi connectivity index (χ2v) is 8.06. The van der Waals surface area contributed by atoms with E-state index in [2.05, 4.69) is 5.16 Å². The number of rotatable bonds is 2. The van der Waals surface area contributed by atoms with Crippen molar-refractivity contribution in [2.75, 3.05) is 0 Å². The van der Waals surface area contributed by atoms with Crippen LogP contribution >= 0.6 is 11.8 Å². The monoisotopic (exact) mass is 303 g/mol. The molecule has 1 aromatic carbocycles. The zero-order chi connectivity index (χ0) is 15.8. The summed E-state index contributed by atoms with van der Waals surface area (Å²) in [5, 5.41) is 4.04. The quantitative estimate of drug-likeness (QED) is 0.788. The molecule has 0 fully saturated rings. The fraction of sp³-hybridized carbons (Fsp3) is 0.412. The smallest absolute Gasteiger partial charge is 0.220 e. The summed E-state index contributed by atoms with van der Waals surface area (Å²) in [6.45, 7) is 12.0. The van der Waals surface area contributed by atoms with Crippen LogP contribution in [0, 0.1) is 20.8 Å². The Bertz CT molecular complexity index is 681. The number of nitrogens with zero attached hydrogens (tertiary/aromatic N) is 1. The molecule has 0 unspecified atom stereocenters. The van der Waals surface area contributed by atoms with Gasteiger partial charge in [0, 0.05) is 21.9 Å². The van der Waals surface area contributed by atoms with E-state index in [-0.39, 0.29) is 9.86 Å². The fourth-order valence-electron chi connectivity index (χ4n) is 2.26. The molecule has 0 bridgehead atoms. The number of aryl methyl sites for hydroxylation is 2. The molecule has 0 amide bonds. The molecule has 2 rings (SSSR count). The first-order valence-corrected chi connectivity index (χ1v) is 7.78. The van der Waals surface area contributed by atoms with Crippen LogP contribution in [0.3, 0.4) is 0 Å². The predicted octanol–water partition coefficient (Wildman–Crippen LogP) is 4.94. The van der Waals surface area contributed by atoms with E-state index < -0.39 is 0 Å². The molecule has 0 saturated carbocycles. The highest BCUT2D eigenvalue weighted by molar-refractivity contribution is 8.15. The Balaban J connectivity index is 2.49. The van der Waals surface area contributed by atoms with Crippen molar-refractivity contribution in [1.29, 1.82) is 0 Å². The van der Waals surface area contributed by atoms with Crippen molar-refractivity contribution in [3.63, 3.8) is 0 Å². The van der Waals surface area contributed by atoms with Crippen molar-refractivity contribution in [1.82, 2.24) is 5.16 Å². The number of hydrogen-bond acceptors (Lipinski definition) is 4. The minimum absolute atomic E-state index is 0.0949. The molecule has 0 aliphatic rings. The van der Waals surface area contributed by atoms with Gasteiger partial charge in [0.05, 0.1) is 5.69 Å². The van der Waals surface area contributed by atoms with Gasteiger partial charge in [-0.25, -0.2) is 0 Å². The van der Waals surface area contributed by atoms with Crippen molar-refractivity contribution in [3.05, 3.63) is 40.6 Å². The lowest BCUT2D eigenvalue weighted by molar-refractivity contribution is 0.108. The van der Waals surface area contributed by atoms with Crippen LogP contribution in [0.25, 0.3) is 11.3 Å². The molecule has 0 aliphatic carbocycles. The number of carbonyl (C=O) groups is 1. The Morgan fingerprint density at radius 2 is 1.86 bits per heavy atom. The van der Waals surface area contributed by atoms with Gasteiger partial charge < -0.3 is 4.52 Å². The third-order valence-electron chi connectivity index (χ3n) is 3.17. The fourth-order valence-corrected chi connectivity index (χ4v) is 3.15. The van der Waals surface area contributed by atoms with Crippen LogP contribution < -0.4 is 0 Å². The highest BCUT2D eigenvalue weighted by atomic mass is 32.2. The molecule has 1 heterocycles. The molecule has 0 atom stereocenters. The van der Waals surface area contributed by atoms with Crippen LogP contribution in [-0.2, 0) is 0 Å². The maximum Gasteiger partial charge on any atom is 0.220 e. The van der Waals surface area contributed by atoms with Crippen LogP contribution in [0.1, 0.15) is 48.0 Å². The molecule has 112 valence electrons. The Kier molecular flexibility index (Phi) is 4.28. The van der Waals surface area contributed by atoms with Gasteiger partial charge in [0.2, 0.25) is 5.12 Å². The number of carbonyl (C=O) groups excluding carboxylic acids is 1. The highest BCUT2D eigenvalue weighted by Gasteiger charge is 2.22. The van der Waals surface area contributed by atoms with Gasteiger partial charge in [-0.3, -0.25) is 4.79 Å². The van der Waals surface area contributed by atoms with E-state index in [4.69, 9.17) is 4.52 Å². The van der Waals surface area contributed by atoms with Crippen molar-refractivity contribution in [2.45, 2.75) is 46.3 Å². The van der Waals surface area contributed by atoms with Gasteiger partial charge in [-0.1, -0.05) is 43.8 Å². The van der Waals surface area contributed by atoms with E-state index in [1.807, 2.05) is 59.7 Å². The summed E-state index contributed by atoms with van der Waals surface area (Å²) in [5.74, 6) is 0.720. The standard InChI is InChI=1S/C17H21NO2S/c1-10-7-8-13(16(19)21-17(4,5)6)12(3)15(10)14-9-11(2)18-20-14/h7-9H,1-6H3. The molecule has 0 aliphatic heterocycles. The SMILES string of the molecule is Cc1cc(-c2c(C)ccc(C(=O)SC(C)(C)C)c2C)on1. The van der Waals surface area contributed by atoms with Gasteiger partial charge in [-0.15, -0.1) is 0 Å². The van der Waals surface area contributed by atoms with E-state index in [0.29, 0.717) is 0 Å². The van der Waals surface area contributed by atoms with Crippen molar-refractivity contribution in [3.8, 4) is 11.3 Å². The largest absolute Gasteiger partial charge is 0.356 e. The lowest BCUT2D eigenvalue weighted by Gasteiger charge is -2.18. The number of thioether (sulfide) groups is 1. The highest BCUT2D eigenvalue weighted by Crippen LogP contribution is 2.34. The van der Waals surface area contributed by atoms with Gasteiger partial charge in [0.15, 0.2) is 5.76 Å². The van der Waals surface area contributed by atoms with Crippen LogP contribution in [0.2, 0.25) is 0 Å². The minimum atomic E-state index is -0.0998. The summed E-state index contributed by atoms with van der Waals surface area (Å²) in [7, 11) is 0. The maximum absolute atomic E-state index is 12.5. The normalized spacial score (nSPS) is 11.7. The van der Waals surface area contributed by atoms with Crippen LogP contribution in [-0.4, -0.2) is 15.0 Å². The predicted molar refractivity (Wildman–Crippen MR) is 87.8 cm³/mol. The third kappa shape index (κ3) is 3.56. The Morgan fingerprint density at radius 1 is 1.19 bits per heavy atom. The van der Waals surface area contributed by atoms with Gasteiger partial charge in [0.25, 0.3) is 0 Å². The molecule has 0 radical (unpaired) electrons. The zero-order valence-electron chi connectivity index (χ0n) is 13.4. The van der Waals surface area contributed by atoms with E-state index in [1.54, 1.807) is 0 Å². The third-order valence-corrected chi connectivity index (χ3v) is 4.18. The van der Waals surface area contributed by atoms with Crippen molar-refractivity contribution < 1.29 is 9.32 Å². The summed E-state index contributed by atoms with van der Waals surface area (Å²) in [5.41, 5.74) is 4.58. The van der Waals surface area contributed by atoms with Crippen molar-refractivity contribution in [2.24, 2.45) is 0 Å². The zero-order valence-corrected chi connectivity index (χ0v) is 14.2. The van der Waals surface area contributed by atoms with Crippen LogP contribution in [0.5, 0.6) is 0 Å². The molecule has 2 aromatic rings. The molecular weight excluding hydrogens is 282 g/mol. The summed E-state index contributed by atoms with van der Waals surface area (Å²) in [6, 6.07) is 5.77. The molecule has 0 N–H and O–H groups in total. The lowest BCUT2D eigenvalue weighted by atomic mass is 9.96. The maximum atomic E-state index is 12.5. The van der Waals surface area contributed by atoms with E-state index in [0.717, 1.165) is 33.7 Å². The van der Waals surface area contributed by atoms with Crippen LogP contribution in [0.15, 0.2) is 22.7 Å². The van der Waals surface area contributed by atoms with Gasteiger partial charge in [-0.2, -0.15) is 0 Å². The summed E-state index contributed by atoms with van der Waals surface area (Å²) < 4.78 is 5.28. The molecule has 21 heavy (non-hydrogen) atoms. The van der Waals surface area contributed by atoms with Crippen molar-refractivity contribution >= 4 is 16.9 Å². The lowest BCUT2D eigenvalue weighted by Crippen LogP contribution is -2.13. The number of aromatic nitrogens is 1. The summed E-state index contributed by atoms with van der Waals surface area (Å²) >= 11 is 1.35.